The van der Waals surface area contributed by atoms with E-state index in [4.69, 9.17) is 0 Å². The molecule has 0 radical (unpaired) electrons. The van der Waals surface area contributed by atoms with E-state index in [9.17, 15) is 4.39 Å². The maximum absolute atomic E-state index is 13.0. The molecule has 1 aliphatic rings. The number of hydrogen-bond donors (Lipinski definition) is 1. The Morgan fingerprint density at radius 3 is 3.22 bits per heavy atom. The molecule has 4 nitrogen and oxygen atoms in total. The van der Waals surface area contributed by atoms with Gasteiger partial charge in [-0.15, -0.1) is 5.10 Å². The molecule has 2 aromatic rings. The van der Waals surface area contributed by atoms with Gasteiger partial charge in [0.25, 0.3) is 0 Å². The first kappa shape index (κ1) is 11.8. The van der Waals surface area contributed by atoms with Crippen LogP contribution < -0.4 is 5.32 Å². The quantitative estimate of drug-likeness (QED) is 0.927. The van der Waals surface area contributed by atoms with Gasteiger partial charge in [-0.05, 0) is 30.7 Å². The van der Waals surface area contributed by atoms with Gasteiger partial charge in [-0.25, -0.2) is 8.91 Å². The fourth-order valence-corrected chi connectivity index (χ4v) is 3.35. The Bertz CT molecular complexity index is 536. The van der Waals surface area contributed by atoms with Gasteiger partial charge in [0, 0.05) is 11.8 Å². The van der Waals surface area contributed by atoms with Crippen LogP contribution in [0.25, 0.3) is 5.65 Å². The van der Waals surface area contributed by atoms with E-state index < -0.39 is 0 Å². The molecule has 1 unspecified atom stereocenters. The Labute approximate surface area is 109 Å². The molecule has 1 fully saturated rings. The molecule has 6 heteroatoms. The predicted molar refractivity (Wildman–Crippen MR) is 71.5 cm³/mol. The molecule has 18 heavy (non-hydrogen) atoms. The lowest BCUT2D eigenvalue weighted by Gasteiger charge is -2.20. The summed E-state index contributed by atoms with van der Waals surface area (Å²) in [5, 5.41) is 8.08. The highest BCUT2D eigenvalue weighted by molar-refractivity contribution is 7.99. The molecular formula is C12H15FN4S. The molecule has 0 aromatic carbocycles. The predicted octanol–water partition coefficient (Wildman–Crippen LogP) is 2.57. The van der Waals surface area contributed by atoms with Crippen LogP contribution in [0.2, 0.25) is 0 Å². The van der Waals surface area contributed by atoms with E-state index in [2.05, 4.69) is 15.4 Å². The lowest BCUT2D eigenvalue weighted by atomic mass is 10.2. The number of nitrogens with one attached hydrogen (secondary N) is 1. The van der Waals surface area contributed by atoms with E-state index in [1.807, 2.05) is 11.8 Å². The number of fused-ring (bicyclic) bond motifs is 1. The normalized spacial score (nSPS) is 20.2. The highest BCUT2D eigenvalue weighted by Crippen LogP contribution is 2.24. The molecule has 3 rings (SSSR count). The average Bonchev–Trinajstić information content (AvgIpc) is 2.79. The number of aromatic nitrogens is 3. The van der Waals surface area contributed by atoms with Crippen LogP contribution >= 0.6 is 11.8 Å². The first-order valence-electron chi connectivity index (χ1n) is 6.19. The van der Waals surface area contributed by atoms with Crippen LogP contribution in [0.1, 0.15) is 19.3 Å². The zero-order valence-electron chi connectivity index (χ0n) is 9.97. The third kappa shape index (κ3) is 2.58. The van der Waals surface area contributed by atoms with Gasteiger partial charge >= 0.3 is 0 Å². The minimum atomic E-state index is -0.304. The molecule has 3 heterocycles. The van der Waals surface area contributed by atoms with Gasteiger partial charge in [0.2, 0.25) is 5.95 Å². The smallest absolute Gasteiger partial charge is 0.243 e. The number of nitrogens with zero attached hydrogens (tertiary/aromatic N) is 3. The topological polar surface area (TPSA) is 42.2 Å². The van der Waals surface area contributed by atoms with Gasteiger partial charge in [0.05, 0.1) is 6.20 Å². The van der Waals surface area contributed by atoms with Crippen molar-refractivity contribution < 1.29 is 4.39 Å². The minimum absolute atomic E-state index is 0.304. The van der Waals surface area contributed by atoms with Gasteiger partial charge in [-0.3, -0.25) is 0 Å². The summed E-state index contributed by atoms with van der Waals surface area (Å²) in [6, 6.07) is 3.02. The lowest BCUT2D eigenvalue weighted by Crippen LogP contribution is -2.20. The molecule has 0 bridgehead atoms. The van der Waals surface area contributed by atoms with Gasteiger partial charge in [0.1, 0.15) is 5.82 Å². The van der Waals surface area contributed by atoms with Crippen molar-refractivity contribution in [3.05, 3.63) is 24.1 Å². The van der Waals surface area contributed by atoms with Crippen LogP contribution in [0.4, 0.5) is 10.3 Å². The summed E-state index contributed by atoms with van der Waals surface area (Å²) in [5.74, 6) is 1.52. The third-order valence-corrected chi connectivity index (χ3v) is 4.45. The number of anilines is 1. The number of pyridine rings is 1. The third-order valence-electron chi connectivity index (χ3n) is 3.06. The molecule has 2 aromatic heterocycles. The van der Waals surface area contributed by atoms with E-state index in [0.29, 0.717) is 16.8 Å². The molecule has 0 saturated carbocycles. The van der Waals surface area contributed by atoms with Gasteiger partial charge < -0.3 is 5.32 Å². The maximum atomic E-state index is 13.0. The van der Waals surface area contributed by atoms with E-state index in [-0.39, 0.29) is 5.82 Å². The molecule has 1 atom stereocenters. The number of rotatable bonds is 3. The zero-order valence-corrected chi connectivity index (χ0v) is 10.8. The fourth-order valence-electron chi connectivity index (χ4n) is 2.11. The van der Waals surface area contributed by atoms with Crippen molar-refractivity contribution >= 4 is 23.4 Å². The van der Waals surface area contributed by atoms with Crippen molar-refractivity contribution in [2.24, 2.45) is 0 Å². The minimum Gasteiger partial charge on any atom is -0.352 e. The second-order valence-corrected chi connectivity index (χ2v) is 5.86. The van der Waals surface area contributed by atoms with Crippen LogP contribution in [0.15, 0.2) is 18.3 Å². The first-order valence-corrected chi connectivity index (χ1v) is 7.23. The summed E-state index contributed by atoms with van der Waals surface area (Å²) in [6.07, 6.45) is 5.22. The van der Waals surface area contributed by atoms with Crippen molar-refractivity contribution in [1.29, 1.82) is 0 Å². The highest BCUT2D eigenvalue weighted by Gasteiger charge is 2.14. The van der Waals surface area contributed by atoms with Crippen molar-refractivity contribution in [2.45, 2.75) is 24.5 Å². The van der Waals surface area contributed by atoms with E-state index in [1.165, 1.54) is 41.8 Å². The first-order chi connectivity index (χ1) is 8.81. The van der Waals surface area contributed by atoms with E-state index >= 15 is 0 Å². The van der Waals surface area contributed by atoms with Crippen molar-refractivity contribution in [3.63, 3.8) is 0 Å². The monoisotopic (exact) mass is 266 g/mol. The summed E-state index contributed by atoms with van der Waals surface area (Å²) in [7, 11) is 0. The van der Waals surface area contributed by atoms with E-state index in [1.54, 1.807) is 6.07 Å². The summed E-state index contributed by atoms with van der Waals surface area (Å²) in [6.45, 7) is 0.879. The van der Waals surface area contributed by atoms with E-state index in [0.717, 1.165) is 6.54 Å². The van der Waals surface area contributed by atoms with Crippen molar-refractivity contribution in [2.75, 3.05) is 17.6 Å². The Morgan fingerprint density at radius 2 is 2.39 bits per heavy atom. The fraction of sp³-hybridized carbons (Fsp3) is 0.500. The second kappa shape index (κ2) is 5.14. The van der Waals surface area contributed by atoms with Crippen LogP contribution in [-0.2, 0) is 0 Å². The molecule has 0 amide bonds. The molecule has 0 aliphatic carbocycles. The molecule has 1 N–H and O–H groups in total. The SMILES string of the molecule is Fc1ccc2nc(NCC3CCCCS3)nn2c1. The Kier molecular flexibility index (Phi) is 3.36. The summed E-state index contributed by atoms with van der Waals surface area (Å²) in [4.78, 5) is 4.30. The summed E-state index contributed by atoms with van der Waals surface area (Å²) >= 11 is 2.01. The Balaban J connectivity index is 1.67. The zero-order chi connectivity index (χ0) is 12.4. The molecular weight excluding hydrogens is 251 g/mol. The average molecular weight is 266 g/mol. The summed E-state index contributed by atoms with van der Waals surface area (Å²) < 4.78 is 14.5. The number of halogens is 1. The largest absolute Gasteiger partial charge is 0.352 e. The maximum Gasteiger partial charge on any atom is 0.243 e. The van der Waals surface area contributed by atoms with Crippen LogP contribution in [0.3, 0.4) is 0 Å². The van der Waals surface area contributed by atoms with Crippen LogP contribution in [-0.4, -0.2) is 32.1 Å². The molecule has 1 saturated heterocycles. The molecule has 0 spiro atoms. The van der Waals surface area contributed by atoms with Crippen LogP contribution in [0.5, 0.6) is 0 Å². The highest BCUT2D eigenvalue weighted by atomic mass is 32.2. The summed E-state index contributed by atoms with van der Waals surface area (Å²) in [5.41, 5.74) is 0.662. The molecule has 96 valence electrons. The standard InChI is InChI=1S/C12H15FN4S/c13-9-4-5-11-15-12(16-17(11)8-9)14-7-10-3-1-2-6-18-10/h4-5,8,10H,1-3,6-7H2,(H,14,16). The van der Waals surface area contributed by atoms with Crippen LogP contribution in [0, 0.1) is 5.82 Å². The number of hydrogen-bond acceptors (Lipinski definition) is 4. The second-order valence-electron chi connectivity index (χ2n) is 4.45. The van der Waals surface area contributed by atoms with Crippen molar-refractivity contribution in [3.8, 4) is 0 Å². The Hall–Kier alpha value is -1.30. The Morgan fingerprint density at radius 1 is 1.44 bits per heavy atom. The lowest BCUT2D eigenvalue weighted by molar-refractivity contribution is 0.614. The number of thioether (sulfide) groups is 1. The van der Waals surface area contributed by atoms with Gasteiger partial charge in [-0.1, -0.05) is 6.42 Å². The van der Waals surface area contributed by atoms with Gasteiger partial charge in [-0.2, -0.15) is 16.7 Å². The molecule has 1 aliphatic heterocycles. The van der Waals surface area contributed by atoms with Crippen molar-refractivity contribution in [1.82, 2.24) is 14.6 Å². The van der Waals surface area contributed by atoms with Gasteiger partial charge in [0.15, 0.2) is 5.65 Å².